The van der Waals surface area contributed by atoms with Crippen molar-refractivity contribution in [2.24, 2.45) is 0 Å². The molecule has 0 aliphatic heterocycles. The fourth-order valence-electron chi connectivity index (χ4n) is 2.44. The first-order valence-electron chi connectivity index (χ1n) is 6.87. The SMILES string of the molecule is COc1cc(O)c(-c2onc(C)c2-c2ccccn2)cc1C. The van der Waals surface area contributed by atoms with Crippen LogP contribution in [-0.2, 0) is 0 Å². The molecule has 0 aliphatic rings. The fourth-order valence-corrected chi connectivity index (χ4v) is 2.44. The zero-order chi connectivity index (χ0) is 15.7. The lowest BCUT2D eigenvalue weighted by molar-refractivity contribution is 0.402. The van der Waals surface area contributed by atoms with Crippen LogP contribution in [0.25, 0.3) is 22.6 Å². The highest BCUT2D eigenvalue weighted by molar-refractivity contribution is 5.82. The molecule has 0 spiro atoms. The van der Waals surface area contributed by atoms with E-state index in [4.69, 9.17) is 9.26 Å². The Labute approximate surface area is 128 Å². The van der Waals surface area contributed by atoms with Crippen molar-refractivity contribution < 1.29 is 14.4 Å². The Morgan fingerprint density at radius 1 is 1.18 bits per heavy atom. The van der Waals surface area contributed by atoms with E-state index in [2.05, 4.69) is 10.1 Å². The Morgan fingerprint density at radius 3 is 2.68 bits per heavy atom. The van der Waals surface area contributed by atoms with Gasteiger partial charge in [0.2, 0.25) is 0 Å². The molecule has 112 valence electrons. The van der Waals surface area contributed by atoms with Crippen molar-refractivity contribution in [3.8, 4) is 34.1 Å². The number of nitrogens with zero attached hydrogens (tertiary/aromatic N) is 2. The van der Waals surface area contributed by atoms with E-state index in [1.807, 2.05) is 38.1 Å². The molecule has 0 saturated carbocycles. The monoisotopic (exact) mass is 296 g/mol. The van der Waals surface area contributed by atoms with Gasteiger partial charge in [0.05, 0.1) is 29.6 Å². The minimum absolute atomic E-state index is 0.0794. The number of hydrogen-bond donors (Lipinski definition) is 1. The van der Waals surface area contributed by atoms with Crippen LogP contribution >= 0.6 is 0 Å². The van der Waals surface area contributed by atoms with Gasteiger partial charge in [-0.3, -0.25) is 4.98 Å². The molecular formula is C17H16N2O3. The quantitative estimate of drug-likeness (QED) is 0.797. The Kier molecular flexibility index (Phi) is 3.55. The van der Waals surface area contributed by atoms with E-state index in [1.165, 1.54) is 0 Å². The van der Waals surface area contributed by atoms with Gasteiger partial charge in [0.15, 0.2) is 5.76 Å². The smallest absolute Gasteiger partial charge is 0.180 e. The molecule has 1 N–H and O–H groups in total. The van der Waals surface area contributed by atoms with Crippen molar-refractivity contribution in [1.82, 2.24) is 10.1 Å². The molecule has 0 bridgehead atoms. The molecule has 0 aliphatic carbocycles. The number of benzene rings is 1. The van der Waals surface area contributed by atoms with Crippen molar-refractivity contribution in [3.63, 3.8) is 0 Å². The summed E-state index contributed by atoms with van der Waals surface area (Å²) in [5.74, 6) is 1.20. The molecule has 3 aromatic rings. The number of phenolic OH excluding ortho intramolecular Hbond substituents is 1. The predicted octanol–water partition coefficient (Wildman–Crippen LogP) is 3.73. The number of ether oxygens (including phenoxy) is 1. The lowest BCUT2D eigenvalue weighted by atomic mass is 10.0. The first-order valence-corrected chi connectivity index (χ1v) is 6.87. The molecule has 1 aromatic carbocycles. The third kappa shape index (κ3) is 2.30. The minimum Gasteiger partial charge on any atom is -0.507 e. The summed E-state index contributed by atoms with van der Waals surface area (Å²) >= 11 is 0. The number of pyridine rings is 1. The molecule has 0 atom stereocenters. The third-order valence-corrected chi connectivity index (χ3v) is 3.54. The summed E-state index contributed by atoms with van der Waals surface area (Å²) in [5.41, 5.74) is 3.72. The number of hydrogen-bond acceptors (Lipinski definition) is 5. The Balaban J connectivity index is 2.21. The van der Waals surface area contributed by atoms with Crippen LogP contribution < -0.4 is 4.74 Å². The fraction of sp³-hybridized carbons (Fsp3) is 0.176. The van der Waals surface area contributed by atoms with Crippen LogP contribution in [0.15, 0.2) is 41.1 Å². The summed E-state index contributed by atoms with van der Waals surface area (Å²) < 4.78 is 10.7. The summed E-state index contributed by atoms with van der Waals surface area (Å²) in [6.07, 6.45) is 1.71. The average Bonchev–Trinajstić information content (AvgIpc) is 2.91. The van der Waals surface area contributed by atoms with Gasteiger partial charge in [0.25, 0.3) is 0 Å². The topological polar surface area (TPSA) is 68.4 Å². The lowest BCUT2D eigenvalue weighted by Gasteiger charge is -2.09. The van der Waals surface area contributed by atoms with Crippen LogP contribution in [0, 0.1) is 13.8 Å². The van der Waals surface area contributed by atoms with Crippen molar-refractivity contribution in [2.75, 3.05) is 7.11 Å². The third-order valence-electron chi connectivity index (χ3n) is 3.54. The highest BCUT2D eigenvalue weighted by atomic mass is 16.5. The predicted molar refractivity (Wildman–Crippen MR) is 82.9 cm³/mol. The molecule has 5 heteroatoms. The minimum atomic E-state index is 0.0794. The highest BCUT2D eigenvalue weighted by Crippen LogP contribution is 2.40. The molecule has 0 fully saturated rings. The summed E-state index contributed by atoms with van der Waals surface area (Å²) in [6, 6.07) is 9.03. The van der Waals surface area contributed by atoms with Crippen molar-refractivity contribution >= 4 is 0 Å². The molecule has 22 heavy (non-hydrogen) atoms. The zero-order valence-corrected chi connectivity index (χ0v) is 12.6. The van der Waals surface area contributed by atoms with E-state index in [9.17, 15) is 5.11 Å². The number of aromatic hydroxyl groups is 1. The average molecular weight is 296 g/mol. The standard InChI is InChI=1S/C17H16N2O3/c1-10-8-12(14(20)9-15(10)21-3)17-16(11(2)19-22-17)13-6-4-5-7-18-13/h4-9,20H,1-3H3. The van der Waals surface area contributed by atoms with Crippen molar-refractivity contribution in [2.45, 2.75) is 13.8 Å². The van der Waals surface area contributed by atoms with Crippen LogP contribution in [0.1, 0.15) is 11.3 Å². The van der Waals surface area contributed by atoms with Gasteiger partial charge in [-0.2, -0.15) is 0 Å². The number of aromatic nitrogens is 2. The summed E-state index contributed by atoms with van der Waals surface area (Å²) in [7, 11) is 1.57. The largest absolute Gasteiger partial charge is 0.507 e. The molecule has 0 unspecified atom stereocenters. The maximum Gasteiger partial charge on any atom is 0.180 e. The molecule has 5 nitrogen and oxygen atoms in total. The van der Waals surface area contributed by atoms with E-state index >= 15 is 0 Å². The molecule has 0 radical (unpaired) electrons. The molecular weight excluding hydrogens is 280 g/mol. The van der Waals surface area contributed by atoms with Crippen molar-refractivity contribution in [3.05, 3.63) is 47.8 Å². The second-order valence-electron chi connectivity index (χ2n) is 5.03. The maximum atomic E-state index is 10.3. The van der Waals surface area contributed by atoms with Crippen LogP contribution in [0.4, 0.5) is 0 Å². The normalized spacial score (nSPS) is 10.7. The highest BCUT2D eigenvalue weighted by Gasteiger charge is 2.21. The number of phenols is 1. The van der Waals surface area contributed by atoms with E-state index in [1.54, 1.807) is 19.4 Å². The van der Waals surface area contributed by atoms with Gasteiger partial charge in [0, 0.05) is 12.3 Å². The van der Waals surface area contributed by atoms with E-state index in [0.29, 0.717) is 17.1 Å². The van der Waals surface area contributed by atoms with Gasteiger partial charge in [-0.05, 0) is 37.6 Å². The van der Waals surface area contributed by atoms with Crippen molar-refractivity contribution in [1.29, 1.82) is 0 Å². The zero-order valence-electron chi connectivity index (χ0n) is 12.6. The van der Waals surface area contributed by atoms with E-state index in [0.717, 1.165) is 22.5 Å². The Hall–Kier alpha value is -2.82. The molecule has 0 amide bonds. The summed E-state index contributed by atoms with van der Waals surface area (Å²) in [6.45, 7) is 3.76. The van der Waals surface area contributed by atoms with E-state index in [-0.39, 0.29) is 5.75 Å². The second kappa shape index (κ2) is 5.52. The molecule has 0 saturated heterocycles. The van der Waals surface area contributed by atoms with Gasteiger partial charge in [0.1, 0.15) is 11.5 Å². The molecule has 3 rings (SSSR count). The first-order chi connectivity index (χ1) is 10.6. The number of methoxy groups -OCH3 is 1. The molecule has 2 aromatic heterocycles. The van der Waals surface area contributed by atoms with Crippen LogP contribution in [0.2, 0.25) is 0 Å². The summed E-state index contributed by atoms with van der Waals surface area (Å²) in [4.78, 5) is 4.35. The maximum absolute atomic E-state index is 10.3. The lowest BCUT2D eigenvalue weighted by Crippen LogP contribution is -1.90. The second-order valence-corrected chi connectivity index (χ2v) is 5.03. The van der Waals surface area contributed by atoms with Gasteiger partial charge >= 0.3 is 0 Å². The summed E-state index contributed by atoms with van der Waals surface area (Å²) in [5, 5.41) is 14.3. The number of aryl methyl sites for hydroxylation is 2. The van der Waals surface area contributed by atoms with Crippen LogP contribution in [0.3, 0.4) is 0 Å². The Morgan fingerprint density at radius 2 is 2.00 bits per heavy atom. The van der Waals surface area contributed by atoms with Crippen LogP contribution in [0.5, 0.6) is 11.5 Å². The van der Waals surface area contributed by atoms with Gasteiger partial charge in [-0.15, -0.1) is 0 Å². The van der Waals surface area contributed by atoms with Gasteiger partial charge in [-0.1, -0.05) is 11.2 Å². The van der Waals surface area contributed by atoms with Crippen LogP contribution in [-0.4, -0.2) is 22.4 Å². The van der Waals surface area contributed by atoms with E-state index < -0.39 is 0 Å². The first kappa shape index (κ1) is 14.1. The Bertz CT molecular complexity index is 810. The molecule has 2 heterocycles. The van der Waals surface area contributed by atoms with Gasteiger partial charge in [-0.25, -0.2) is 0 Å². The van der Waals surface area contributed by atoms with Gasteiger partial charge < -0.3 is 14.4 Å². The number of rotatable bonds is 3.